The first-order valence-electron chi connectivity index (χ1n) is 6.99. The molecule has 0 bridgehead atoms. The molecule has 1 fully saturated rings. The maximum absolute atomic E-state index is 10.8. The quantitative estimate of drug-likeness (QED) is 0.383. The first kappa shape index (κ1) is 17.5. The normalized spacial score (nSPS) is 33.1. The molecule has 1 unspecified atom stereocenters. The summed E-state index contributed by atoms with van der Waals surface area (Å²) in [6, 6.07) is 0. The Morgan fingerprint density at radius 2 is 2.12 bits per heavy atom. The maximum atomic E-state index is 10.8. The van der Waals surface area contributed by atoms with E-state index in [1.54, 1.807) is 11.9 Å². The first-order chi connectivity index (χ1) is 11.2. The van der Waals surface area contributed by atoms with Crippen LogP contribution in [0.2, 0.25) is 0 Å². The number of aliphatic imine (C=N–C) groups is 1. The van der Waals surface area contributed by atoms with Crippen LogP contribution in [0.1, 0.15) is 18.1 Å². The highest BCUT2D eigenvalue weighted by Gasteiger charge is 2.45. The minimum atomic E-state index is -4.72. The lowest BCUT2D eigenvalue weighted by molar-refractivity contribution is -0.0513. The van der Waals surface area contributed by atoms with Gasteiger partial charge < -0.3 is 35.4 Å². The van der Waals surface area contributed by atoms with Gasteiger partial charge in [-0.05, 0) is 0 Å². The molecular formula is C11H18N5O7P. The van der Waals surface area contributed by atoms with Crippen molar-refractivity contribution in [3.05, 3.63) is 12.0 Å². The highest BCUT2D eigenvalue weighted by molar-refractivity contribution is 7.46. The number of hydrogen-bond donors (Lipinski definition) is 5. The highest BCUT2D eigenvalue weighted by atomic mass is 31.2. The van der Waals surface area contributed by atoms with Crippen LogP contribution in [0.4, 0.5) is 5.82 Å². The lowest BCUT2D eigenvalue weighted by atomic mass is 10.1. The van der Waals surface area contributed by atoms with E-state index in [0.717, 1.165) is 0 Å². The zero-order valence-corrected chi connectivity index (χ0v) is 13.5. The van der Waals surface area contributed by atoms with Gasteiger partial charge in [0.05, 0.1) is 19.3 Å². The zero-order valence-electron chi connectivity index (χ0n) is 12.6. The third-order valence-corrected chi connectivity index (χ3v) is 4.38. The Morgan fingerprint density at radius 1 is 1.42 bits per heavy atom. The number of ether oxygens (including phenoxy) is 1. The minimum Gasteiger partial charge on any atom is -0.387 e. The number of fused-ring (bicyclic) bond motifs is 1. The number of aromatic nitrogens is 2. The zero-order chi connectivity index (χ0) is 17.6. The Hall–Kier alpha value is -1.37. The predicted octanol–water partition coefficient (Wildman–Crippen LogP) is -1.83. The lowest BCUT2D eigenvalue weighted by Crippen LogP contribution is -2.34. The van der Waals surface area contributed by atoms with Crippen LogP contribution in [-0.2, 0) is 13.8 Å². The molecule has 5 atom stereocenters. The van der Waals surface area contributed by atoms with Gasteiger partial charge in [0.15, 0.2) is 12.0 Å². The van der Waals surface area contributed by atoms with E-state index in [0.29, 0.717) is 11.5 Å². The number of nitrogens with zero attached hydrogens (tertiary/aromatic N) is 4. The fourth-order valence-electron chi connectivity index (χ4n) is 2.57. The molecule has 6 N–H and O–H groups in total. The van der Waals surface area contributed by atoms with Gasteiger partial charge in [-0.3, -0.25) is 9.09 Å². The van der Waals surface area contributed by atoms with Crippen molar-refractivity contribution in [3.63, 3.8) is 0 Å². The second-order valence-electron chi connectivity index (χ2n) is 5.55. The smallest absolute Gasteiger partial charge is 0.387 e. The summed E-state index contributed by atoms with van der Waals surface area (Å²) in [5.74, 6) is 0.369. The van der Waals surface area contributed by atoms with Crippen LogP contribution >= 0.6 is 7.82 Å². The molecule has 0 amide bonds. The molecule has 2 aliphatic heterocycles. The monoisotopic (exact) mass is 363 g/mol. The molecule has 0 radical (unpaired) electrons. The van der Waals surface area contributed by atoms with Crippen molar-refractivity contribution in [2.45, 2.75) is 30.7 Å². The van der Waals surface area contributed by atoms with Crippen molar-refractivity contribution in [2.24, 2.45) is 10.7 Å². The molecule has 12 nitrogen and oxygen atoms in total. The van der Waals surface area contributed by atoms with Gasteiger partial charge in [0, 0.05) is 7.05 Å². The number of imidazole rings is 1. The molecule has 13 heteroatoms. The van der Waals surface area contributed by atoms with E-state index in [4.69, 9.17) is 20.3 Å². The number of phosphoric ester groups is 1. The van der Waals surface area contributed by atoms with Gasteiger partial charge in [0.2, 0.25) is 0 Å². The second-order valence-corrected chi connectivity index (χ2v) is 6.79. The van der Waals surface area contributed by atoms with Crippen molar-refractivity contribution >= 4 is 20.0 Å². The van der Waals surface area contributed by atoms with Gasteiger partial charge >= 0.3 is 7.82 Å². The van der Waals surface area contributed by atoms with E-state index in [1.165, 1.54) is 17.2 Å². The SMILES string of the molecule is CN1C=Nc2c(ncn2[C@@H]2O[C@H](COP(=O)(O)O)[C@@H](O)[C@H]2O)C1N. The van der Waals surface area contributed by atoms with E-state index in [9.17, 15) is 14.8 Å². The van der Waals surface area contributed by atoms with Crippen LogP contribution in [0.15, 0.2) is 11.3 Å². The van der Waals surface area contributed by atoms with Crippen LogP contribution in [-0.4, -0.2) is 72.8 Å². The van der Waals surface area contributed by atoms with Crippen molar-refractivity contribution < 1.29 is 33.8 Å². The average Bonchev–Trinajstić information content (AvgIpc) is 3.04. The molecule has 24 heavy (non-hydrogen) atoms. The first-order valence-corrected chi connectivity index (χ1v) is 8.52. The van der Waals surface area contributed by atoms with E-state index in [-0.39, 0.29) is 0 Å². The Bertz CT molecular complexity index is 690. The summed E-state index contributed by atoms with van der Waals surface area (Å²) in [5, 5.41) is 20.2. The van der Waals surface area contributed by atoms with E-state index < -0.39 is 45.1 Å². The number of hydrogen-bond acceptors (Lipinski definition) is 9. The van der Waals surface area contributed by atoms with E-state index >= 15 is 0 Å². The van der Waals surface area contributed by atoms with Gasteiger partial charge in [-0.15, -0.1) is 0 Å². The molecule has 1 aromatic rings. The minimum absolute atomic E-state index is 0.369. The summed E-state index contributed by atoms with van der Waals surface area (Å²) in [7, 11) is -2.98. The average molecular weight is 363 g/mol. The molecule has 0 aliphatic carbocycles. The number of aliphatic hydroxyl groups excluding tert-OH is 2. The van der Waals surface area contributed by atoms with Gasteiger partial charge in [-0.2, -0.15) is 0 Å². The number of nitrogens with two attached hydrogens (primary N) is 1. The van der Waals surface area contributed by atoms with Gasteiger partial charge in [-0.1, -0.05) is 0 Å². The molecule has 0 saturated carbocycles. The number of aliphatic hydroxyl groups is 2. The Balaban J connectivity index is 1.81. The van der Waals surface area contributed by atoms with Gasteiger partial charge in [-0.25, -0.2) is 14.5 Å². The van der Waals surface area contributed by atoms with Crippen molar-refractivity contribution in [2.75, 3.05) is 13.7 Å². The van der Waals surface area contributed by atoms with Crippen LogP contribution < -0.4 is 5.73 Å². The lowest BCUT2D eigenvalue weighted by Gasteiger charge is -2.26. The fraction of sp³-hybridized carbons (Fsp3) is 0.636. The second kappa shape index (κ2) is 6.17. The van der Waals surface area contributed by atoms with Crippen LogP contribution in [0.3, 0.4) is 0 Å². The number of phosphoric acid groups is 1. The summed E-state index contributed by atoms with van der Waals surface area (Å²) in [4.78, 5) is 27.5. The Labute approximate surface area is 136 Å². The molecule has 3 heterocycles. The van der Waals surface area contributed by atoms with Crippen LogP contribution in [0.25, 0.3) is 0 Å². The molecular weight excluding hydrogens is 345 g/mol. The largest absolute Gasteiger partial charge is 0.469 e. The predicted molar refractivity (Wildman–Crippen MR) is 79.0 cm³/mol. The van der Waals surface area contributed by atoms with Crippen molar-refractivity contribution in [3.8, 4) is 0 Å². The van der Waals surface area contributed by atoms with E-state index in [1.807, 2.05) is 0 Å². The summed E-state index contributed by atoms with van der Waals surface area (Å²) in [6.07, 6.45) is -2.58. The topological polar surface area (TPSA) is 176 Å². The molecule has 0 aromatic carbocycles. The fourth-order valence-corrected chi connectivity index (χ4v) is 2.92. The van der Waals surface area contributed by atoms with Crippen LogP contribution in [0.5, 0.6) is 0 Å². The molecule has 2 aliphatic rings. The summed E-state index contributed by atoms with van der Waals surface area (Å²) < 4.78 is 22.0. The standard InChI is InChI=1S/C11H18N5O7P/c1-15-3-14-10-6(9(15)12)13-4-16(10)11-8(18)7(17)5(23-11)2-22-24(19,20)21/h3-5,7-9,11,17-18H,2,12H2,1H3,(H2,19,20,21)/t5-,7-,8-,9?,11-/m1/s1. The highest BCUT2D eigenvalue weighted by Crippen LogP contribution is 2.40. The molecule has 3 rings (SSSR count). The van der Waals surface area contributed by atoms with Crippen molar-refractivity contribution in [1.82, 2.24) is 14.5 Å². The third kappa shape index (κ3) is 3.10. The molecule has 1 aromatic heterocycles. The Morgan fingerprint density at radius 3 is 2.79 bits per heavy atom. The van der Waals surface area contributed by atoms with Gasteiger partial charge in [0.25, 0.3) is 0 Å². The summed E-state index contributed by atoms with van der Waals surface area (Å²) in [6.45, 7) is -0.582. The Kier molecular flexibility index (Phi) is 4.49. The third-order valence-electron chi connectivity index (χ3n) is 3.89. The maximum Gasteiger partial charge on any atom is 0.469 e. The summed E-state index contributed by atoms with van der Waals surface area (Å²) in [5.41, 5.74) is 6.46. The van der Waals surface area contributed by atoms with Crippen molar-refractivity contribution in [1.29, 1.82) is 0 Å². The molecule has 0 spiro atoms. The van der Waals surface area contributed by atoms with Gasteiger partial charge in [0.1, 0.15) is 30.2 Å². The molecule has 1 saturated heterocycles. The summed E-state index contributed by atoms with van der Waals surface area (Å²) >= 11 is 0. The van der Waals surface area contributed by atoms with E-state index in [2.05, 4.69) is 14.5 Å². The number of rotatable bonds is 4. The van der Waals surface area contributed by atoms with Crippen LogP contribution in [0, 0.1) is 0 Å². The molecule has 134 valence electrons.